The predicted molar refractivity (Wildman–Crippen MR) is 86.0 cm³/mol. The predicted octanol–water partition coefficient (Wildman–Crippen LogP) is 1.99. The Hall–Kier alpha value is -2.48. The Balaban J connectivity index is 1.77. The smallest absolute Gasteiger partial charge is 0.268 e. The maximum Gasteiger partial charge on any atom is 0.268 e. The van der Waals surface area contributed by atoms with Gasteiger partial charge in [0.25, 0.3) is 5.91 Å². The Morgan fingerprint density at radius 2 is 2.22 bits per heavy atom. The molecule has 2 heterocycles. The summed E-state index contributed by atoms with van der Waals surface area (Å²) in [7, 11) is 0. The van der Waals surface area contributed by atoms with Gasteiger partial charge in [0.2, 0.25) is 5.91 Å². The monoisotopic (exact) mass is 334 g/mol. The number of nitrogens with zero attached hydrogens (tertiary/aromatic N) is 2. The van der Waals surface area contributed by atoms with E-state index in [2.05, 4.69) is 10.3 Å². The lowest BCUT2D eigenvalue weighted by atomic mass is 10.0. The molecule has 0 radical (unpaired) electrons. The molecule has 0 saturated carbocycles. The molecule has 0 spiro atoms. The Labute approximate surface area is 136 Å². The molecule has 3 rings (SSSR count). The van der Waals surface area contributed by atoms with Crippen LogP contribution in [0, 0.1) is 5.82 Å². The van der Waals surface area contributed by atoms with Crippen molar-refractivity contribution < 1.29 is 14.0 Å². The third-order valence-corrected chi connectivity index (χ3v) is 4.41. The average Bonchev–Trinajstić information content (AvgIpc) is 2.99. The molecule has 0 aliphatic carbocycles. The van der Waals surface area contributed by atoms with Crippen molar-refractivity contribution in [3.8, 4) is 0 Å². The second kappa shape index (κ2) is 6.33. The fourth-order valence-corrected chi connectivity index (χ4v) is 3.27. The molecule has 6 nitrogen and oxygen atoms in total. The first kappa shape index (κ1) is 15.4. The van der Waals surface area contributed by atoms with Crippen LogP contribution >= 0.6 is 11.3 Å². The molecule has 1 aromatic carbocycles. The first-order valence-corrected chi connectivity index (χ1v) is 8.02. The van der Waals surface area contributed by atoms with Crippen LogP contribution in [0.4, 0.5) is 15.2 Å². The Kier molecular flexibility index (Phi) is 4.24. The number of hydrogen-bond donors (Lipinski definition) is 2. The summed E-state index contributed by atoms with van der Waals surface area (Å²) in [5.41, 5.74) is 5.60. The molecule has 1 aliphatic rings. The highest BCUT2D eigenvalue weighted by molar-refractivity contribution is 7.13. The van der Waals surface area contributed by atoms with E-state index < -0.39 is 17.8 Å². The van der Waals surface area contributed by atoms with Crippen LogP contribution in [0.2, 0.25) is 0 Å². The lowest BCUT2D eigenvalue weighted by Gasteiger charge is -2.32. The van der Waals surface area contributed by atoms with Gasteiger partial charge in [-0.25, -0.2) is 9.37 Å². The number of halogens is 1. The summed E-state index contributed by atoms with van der Waals surface area (Å²) in [6.45, 7) is 0.475. The number of thiazole rings is 1. The molecule has 120 valence electrons. The molecule has 3 N–H and O–H groups in total. The van der Waals surface area contributed by atoms with E-state index in [9.17, 15) is 14.0 Å². The van der Waals surface area contributed by atoms with Gasteiger partial charge in [-0.05, 0) is 25.0 Å². The number of rotatable bonds is 4. The third kappa shape index (κ3) is 3.16. The van der Waals surface area contributed by atoms with Gasteiger partial charge in [0.15, 0.2) is 5.13 Å². The number of benzene rings is 1. The van der Waals surface area contributed by atoms with Crippen molar-refractivity contribution in [2.75, 3.05) is 16.8 Å². The highest BCUT2D eigenvalue weighted by Crippen LogP contribution is 2.26. The minimum atomic E-state index is -0.614. The van der Waals surface area contributed by atoms with E-state index in [4.69, 9.17) is 5.73 Å². The number of carbonyl (C=O) groups is 2. The standard InChI is InChI=1S/C15H15FN4O2S/c16-9-4-1-2-6-12(9)20-7-3-5-10(14(20)22)18-15-19-11(8-23-15)13(17)21/h1-2,4,6,8,10H,3,5,7H2,(H2,17,21)(H,18,19). The molecule has 1 aliphatic heterocycles. The van der Waals surface area contributed by atoms with Crippen LogP contribution in [-0.2, 0) is 4.79 Å². The van der Waals surface area contributed by atoms with Crippen LogP contribution in [0.3, 0.4) is 0 Å². The van der Waals surface area contributed by atoms with Gasteiger partial charge in [-0.1, -0.05) is 12.1 Å². The van der Waals surface area contributed by atoms with E-state index in [0.717, 1.165) is 6.42 Å². The number of primary amides is 1. The van der Waals surface area contributed by atoms with Gasteiger partial charge >= 0.3 is 0 Å². The Bertz CT molecular complexity index is 749. The van der Waals surface area contributed by atoms with E-state index in [-0.39, 0.29) is 17.3 Å². The van der Waals surface area contributed by atoms with Crippen molar-refractivity contribution in [1.29, 1.82) is 0 Å². The molecule has 8 heteroatoms. The zero-order valence-electron chi connectivity index (χ0n) is 12.2. The zero-order valence-corrected chi connectivity index (χ0v) is 13.0. The van der Waals surface area contributed by atoms with Crippen molar-refractivity contribution in [1.82, 2.24) is 4.98 Å². The number of nitrogens with one attached hydrogen (secondary N) is 1. The van der Waals surface area contributed by atoms with Gasteiger partial charge in [-0.15, -0.1) is 11.3 Å². The number of aromatic nitrogens is 1. The highest BCUT2D eigenvalue weighted by Gasteiger charge is 2.31. The summed E-state index contributed by atoms with van der Waals surface area (Å²) in [6.07, 6.45) is 1.36. The van der Waals surface area contributed by atoms with Crippen molar-refractivity contribution >= 4 is 34.0 Å². The van der Waals surface area contributed by atoms with Gasteiger partial charge in [0, 0.05) is 11.9 Å². The van der Waals surface area contributed by atoms with Crippen LogP contribution in [0.25, 0.3) is 0 Å². The fourth-order valence-electron chi connectivity index (χ4n) is 2.52. The van der Waals surface area contributed by atoms with Gasteiger partial charge in [0.1, 0.15) is 17.6 Å². The van der Waals surface area contributed by atoms with Crippen LogP contribution in [0.15, 0.2) is 29.6 Å². The summed E-state index contributed by atoms with van der Waals surface area (Å²) in [5, 5.41) is 5.00. The van der Waals surface area contributed by atoms with Crippen LogP contribution < -0.4 is 16.0 Å². The minimum absolute atomic E-state index is 0.159. The molecule has 1 unspecified atom stereocenters. The fraction of sp³-hybridized carbons (Fsp3) is 0.267. The van der Waals surface area contributed by atoms with Crippen LogP contribution in [-0.4, -0.2) is 29.4 Å². The molecule has 2 aromatic rings. The summed E-state index contributed by atoms with van der Waals surface area (Å²) in [5.74, 6) is -1.25. The van der Waals surface area contributed by atoms with Crippen molar-refractivity contribution in [2.24, 2.45) is 5.73 Å². The second-order valence-corrected chi connectivity index (χ2v) is 6.04. The Morgan fingerprint density at radius 1 is 1.43 bits per heavy atom. The lowest BCUT2D eigenvalue weighted by molar-refractivity contribution is -0.120. The van der Waals surface area contributed by atoms with Crippen LogP contribution in [0.1, 0.15) is 23.3 Å². The topological polar surface area (TPSA) is 88.3 Å². The van der Waals surface area contributed by atoms with E-state index in [1.54, 1.807) is 18.2 Å². The molecule has 1 fully saturated rings. The third-order valence-electron chi connectivity index (χ3n) is 3.64. The number of anilines is 2. The normalized spacial score (nSPS) is 18.0. The zero-order chi connectivity index (χ0) is 16.4. The van der Waals surface area contributed by atoms with Crippen molar-refractivity contribution in [2.45, 2.75) is 18.9 Å². The number of hydrogen-bond acceptors (Lipinski definition) is 5. The van der Waals surface area contributed by atoms with Crippen molar-refractivity contribution in [3.63, 3.8) is 0 Å². The molecule has 2 amide bonds. The lowest BCUT2D eigenvalue weighted by Crippen LogP contribution is -2.48. The summed E-state index contributed by atoms with van der Waals surface area (Å²) < 4.78 is 13.9. The number of carbonyl (C=O) groups excluding carboxylic acids is 2. The first-order valence-electron chi connectivity index (χ1n) is 7.14. The van der Waals surface area contributed by atoms with E-state index in [0.29, 0.717) is 18.1 Å². The molecule has 1 aromatic heterocycles. The largest absolute Gasteiger partial charge is 0.364 e. The first-order chi connectivity index (χ1) is 11.1. The highest BCUT2D eigenvalue weighted by atomic mass is 32.1. The average molecular weight is 334 g/mol. The molecular weight excluding hydrogens is 319 g/mol. The maximum atomic E-state index is 13.9. The number of para-hydroxylation sites is 1. The quantitative estimate of drug-likeness (QED) is 0.895. The molecule has 23 heavy (non-hydrogen) atoms. The Morgan fingerprint density at radius 3 is 2.91 bits per heavy atom. The maximum absolute atomic E-state index is 13.9. The molecule has 1 saturated heterocycles. The number of nitrogens with two attached hydrogens (primary N) is 1. The summed E-state index contributed by atoms with van der Waals surface area (Å²) in [4.78, 5) is 29.2. The van der Waals surface area contributed by atoms with E-state index in [1.165, 1.54) is 27.7 Å². The SMILES string of the molecule is NC(=O)c1csc(NC2CCCN(c3ccccc3F)C2=O)n1. The van der Waals surface area contributed by atoms with E-state index >= 15 is 0 Å². The summed E-state index contributed by atoms with van der Waals surface area (Å²) >= 11 is 1.21. The van der Waals surface area contributed by atoms with Gasteiger partial charge in [0.05, 0.1) is 5.69 Å². The molecular formula is C15H15FN4O2S. The second-order valence-electron chi connectivity index (χ2n) is 5.18. The molecule has 0 bridgehead atoms. The van der Waals surface area contributed by atoms with Gasteiger partial charge in [-0.3, -0.25) is 9.59 Å². The molecule has 1 atom stereocenters. The number of piperidine rings is 1. The van der Waals surface area contributed by atoms with Crippen LogP contribution in [0.5, 0.6) is 0 Å². The number of amides is 2. The van der Waals surface area contributed by atoms with E-state index in [1.807, 2.05) is 0 Å². The van der Waals surface area contributed by atoms with Gasteiger partial charge in [-0.2, -0.15) is 0 Å². The minimum Gasteiger partial charge on any atom is -0.364 e. The van der Waals surface area contributed by atoms with Gasteiger partial charge < -0.3 is 16.0 Å². The van der Waals surface area contributed by atoms with Crippen molar-refractivity contribution in [3.05, 3.63) is 41.2 Å². The summed E-state index contributed by atoms with van der Waals surface area (Å²) in [6, 6.07) is 5.70.